The Labute approximate surface area is 144 Å². The van der Waals surface area contributed by atoms with Crippen molar-refractivity contribution in [3.05, 3.63) is 53.5 Å². The van der Waals surface area contributed by atoms with Gasteiger partial charge in [-0.1, -0.05) is 12.1 Å². The largest absolute Gasteiger partial charge is 0.513 e. The van der Waals surface area contributed by atoms with Crippen LogP contribution in [-0.4, -0.2) is 27.8 Å². The first-order chi connectivity index (χ1) is 12.1. The Kier molecular flexibility index (Phi) is 4.61. The summed E-state index contributed by atoms with van der Waals surface area (Å²) in [6.07, 6.45) is 2.20. The fourth-order valence-electron chi connectivity index (χ4n) is 2.52. The van der Waals surface area contributed by atoms with E-state index in [2.05, 4.69) is 20.8 Å². The topological polar surface area (TPSA) is 90.0 Å². The molecule has 7 heteroatoms. The number of nitriles is 1. The molecule has 0 aliphatic heterocycles. The first-order valence-electron chi connectivity index (χ1n) is 7.67. The second-order valence-corrected chi connectivity index (χ2v) is 5.47. The van der Waals surface area contributed by atoms with E-state index in [-0.39, 0.29) is 5.75 Å². The van der Waals surface area contributed by atoms with Gasteiger partial charge in [0.05, 0.1) is 24.9 Å². The minimum Gasteiger partial charge on any atom is -0.437 e. The van der Waals surface area contributed by atoms with Gasteiger partial charge >= 0.3 is 6.16 Å². The van der Waals surface area contributed by atoms with Crippen molar-refractivity contribution in [3.8, 4) is 11.8 Å². The Hall–Kier alpha value is -3.40. The number of rotatable bonds is 4. The zero-order chi connectivity index (χ0) is 17.8. The molecule has 0 amide bonds. The van der Waals surface area contributed by atoms with Gasteiger partial charge < -0.3 is 14.0 Å². The van der Waals surface area contributed by atoms with Gasteiger partial charge in [0.2, 0.25) is 0 Å². The van der Waals surface area contributed by atoms with E-state index in [1.807, 2.05) is 35.9 Å². The lowest BCUT2D eigenvalue weighted by atomic mass is 10.1. The molecule has 1 aromatic carbocycles. The third-order valence-electron chi connectivity index (χ3n) is 3.86. The average molecular weight is 336 g/mol. The molecule has 7 nitrogen and oxygen atoms in total. The van der Waals surface area contributed by atoms with E-state index < -0.39 is 6.16 Å². The fraction of sp³-hybridized carbons (Fsp3) is 0.222. The number of carbonyl (C=O) groups is 1. The molecule has 2 heterocycles. The standard InChI is InChI=1S/C18H16N4O3/c1-22-16(8-7-12-3-5-13(10-19)6-4-12)21-15-9-14(11-20-17(15)22)25-18(23)24-2/h3-6,9,11H,7-8H2,1-2H3. The summed E-state index contributed by atoms with van der Waals surface area (Å²) in [5.41, 5.74) is 3.15. The quantitative estimate of drug-likeness (QED) is 0.681. The van der Waals surface area contributed by atoms with E-state index in [9.17, 15) is 4.79 Å². The summed E-state index contributed by atoms with van der Waals surface area (Å²) in [4.78, 5) is 20.0. The second kappa shape index (κ2) is 7.01. The van der Waals surface area contributed by atoms with Gasteiger partial charge in [-0.25, -0.2) is 14.8 Å². The number of fused-ring (bicyclic) bond motifs is 1. The third kappa shape index (κ3) is 3.58. The number of ether oxygens (including phenoxy) is 2. The van der Waals surface area contributed by atoms with Crippen molar-refractivity contribution in [2.75, 3.05) is 7.11 Å². The van der Waals surface area contributed by atoms with Crippen LogP contribution < -0.4 is 4.74 Å². The Morgan fingerprint density at radius 3 is 2.72 bits per heavy atom. The molecule has 3 aromatic rings. The van der Waals surface area contributed by atoms with Gasteiger partial charge in [0.1, 0.15) is 11.3 Å². The van der Waals surface area contributed by atoms with E-state index in [1.165, 1.54) is 13.3 Å². The van der Waals surface area contributed by atoms with Crippen LogP contribution >= 0.6 is 0 Å². The number of methoxy groups -OCH3 is 1. The monoisotopic (exact) mass is 336 g/mol. The van der Waals surface area contributed by atoms with Crippen molar-refractivity contribution in [2.45, 2.75) is 12.8 Å². The van der Waals surface area contributed by atoms with Crippen molar-refractivity contribution in [3.63, 3.8) is 0 Å². The predicted molar refractivity (Wildman–Crippen MR) is 90.1 cm³/mol. The van der Waals surface area contributed by atoms with Crippen LogP contribution in [0.5, 0.6) is 5.75 Å². The summed E-state index contributed by atoms with van der Waals surface area (Å²) >= 11 is 0. The van der Waals surface area contributed by atoms with Crippen LogP contribution in [0.25, 0.3) is 11.2 Å². The van der Waals surface area contributed by atoms with Gasteiger partial charge in [0.25, 0.3) is 0 Å². The molecule has 0 aliphatic rings. The SMILES string of the molecule is COC(=O)Oc1cnc2c(c1)nc(CCc1ccc(C#N)cc1)n2C. The van der Waals surface area contributed by atoms with Gasteiger partial charge in [-0.3, -0.25) is 0 Å². The molecule has 0 saturated carbocycles. The highest BCUT2D eigenvalue weighted by Crippen LogP contribution is 2.20. The van der Waals surface area contributed by atoms with E-state index in [4.69, 9.17) is 10.00 Å². The molecule has 0 fully saturated rings. The van der Waals surface area contributed by atoms with E-state index in [1.54, 1.807) is 6.07 Å². The maximum Gasteiger partial charge on any atom is 0.513 e. The second-order valence-electron chi connectivity index (χ2n) is 5.47. The average Bonchev–Trinajstić information content (AvgIpc) is 2.95. The number of aryl methyl sites for hydroxylation is 3. The summed E-state index contributed by atoms with van der Waals surface area (Å²) in [7, 11) is 3.15. The molecule has 3 rings (SSSR count). The molecule has 0 aliphatic carbocycles. The summed E-state index contributed by atoms with van der Waals surface area (Å²) in [5.74, 6) is 1.16. The highest BCUT2D eigenvalue weighted by atomic mass is 16.7. The zero-order valence-electron chi connectivity index (χ0n) is 13.9. The van der Waals surface area contributed by atoms with E-state index >= 15 is 0 Å². The number of hydrogen-bond acceptors (Lipinski definition) is 6. The summed E-state index contributed by atoms with van der Waals surface area (Å²) in [6.45, 7) is 0. The van der Waals surface area contributed by atoms with Crippen molar-refractivity contribution in [2.24, 2.45) is 7.05 Å². The molecular weight excluding hydrogens is 320 g/mol. The third-order valence-corrected chi connectivity index (χ3v) is 3.86. The number of nitrogens with zero attached hydrogens (tertiary/aromatic N) is 4. The van der Waals surface area contributed by atoms with E-state index in [0.29, 0.717) is 16.7 Å². The number of carbonyl (C=O) groups excluding carboxylic acids is 1. The van der Waals surface area contributed by atoms with Gasteiger partial charge in [-0.05, 0) is 24.1 Å². The number of imidazole rings is 1. The van der Waals surface area contributed by atoms with Crippen LogP contribution in [0.3, 0.4) is 0 Å². The first kappa shape index (κ1) is 16.5. The highest BCUT2D eigenvalue weighted by Gasteiger charge is 2.12. The minimum atomic E-state index is -0.793. The van der Waals surface area contributed by atoms with Gasteiger partial charge in [0, 0.05) is 19.5 Å². The number of pyridine rings is 1. The smallest absolute Gasteiger partial charge is 0.437 e. The predicted octanol–water partition coefficient (Wildman–Crippen LogP) is 2.77. The molecule has 0 atom stereocenters. The van der Waals surface area contributed by atoms with Gasteiger partial charge in [-0.15, -0.1) is 0 Å². The van der Waals surface area contributed by atoms with Gasteiger partial charge in [0.15, 0.2) is 11.4 Å². The van der Waals surface area contributed by atoms with Crippen LogP contribution in [0.4, 0.5) is 4.79 Å². The first-order valence-corrected chi connectivity index (χ1v) is 7.67. The zero-order valence-corrected chi connectivity index (χ0v) is 13.9. The Balaban J connectivity index is 1.78. The maximum absolute atomic E-state index is 11.2. The lowest BCUT2D eigenvalue weighted by Crippen LogP contribution is -2.07. The molecule has 0 saturated heterocycles. The molecular formula is C18H16N4O3. The van der Waals surface area contributed by atoms with Gasteiger partial charge in [-0.2, -0.15) is 5.26 Å². The summed E-state index contributed by atoms with van der Waals surface area (Å²) < 4.78 is 11.4. The Morgan fingerprint density at radius 1 is 1.28 bits per heavy atom. The normalized spacial score (nSPS) is 10.4. The van der Waals surface area contributed by atoms with Crippen LogP contribution in [-0.2, 0) is 24.6 Å². The Bertz CT molecular complexity index is 955. The number of hydrogen-bond donors (Lipinski definition) is 0. The minimum absolute atomic E-state index is 0.288. The Morgan fingerprint density at radius 2 is 2.04 bits per heavy atom. The van der Waals surface area contributed by atoms with Crippen molar-refractivity contribution >= 4 is 17.3 Å². The van der Waals surface area contributed by atoms with Crippen molar-refractivity contribution in [1.82, 2.24) is 14.5 Å². The van der Waals surface area contributed by atoms with Crippen LogP contribution in [0.2, 0.25) is 0 Å². The number of aromatic nitrogens is 3. The molecule has 0 N–H and O–H groups in total. The lowest BCUT2D eigenvalue weighted by Gasteiger charge is -2.03. The molecule has 0 radical (unpaired) electrons. The van der Waals surface area contributed by atoms with E-state index in [0.717, 1.165) is 24.2 Å². The molecule has 0 spiro atoms. The molecule has 2 aromatic heterocycles. The molecule has 126 valence electrons. The van der Waals surface area contributed by atoms with Crippen molar-refractivity contribution in [1.29, 1.82) is 5.26 Å². The lowest BCUT2D eigenvalue weighted by molar-refractivity contribution is 0.121. The molecule has 25 heavy (non-hydrogen) atoms. The van der Waals surface area contributed by atoms with Crippen LogP contribution in [0, 0.1) is 11.3 Å². The number of benzene rings is 1. The molecule has 0 unspecified atom stereocenters. The maximum atomic E-state index is 11.2. The molecule has 0 bridgehead atoms. The summed E-state index contributed by atoms with van der Waals surface area (Å²) in [6, 6.07) is 11.3. The van der Waals surface area contributed by atoms with Crippen LogP contribution in [0.1, 0.15) is 17.0 Å². The van der Waals surface area contributed by atoms with Crippen molar-refractivity contribution < 1.29 is 14.3 Å². The fourth-order valence-corrected chi connectivity index (χ4v) is 2.52. The van der Waals surface area contributed by atoms with Crippen LogP contribution in [0.15, 0.2) is 36.5 Å². The highest BCUT2D eigenvalue weighted by molar-refractivity contribution is 5.74. The summed E-state index contributed by atoms with van der Waals surface area (Å²) in [5, 5.41) is 8.84.